The Balaban J connectivity index is 1.93. The molecule has 0 heterocycles. The van der Waals surface area contributed by atoms with Crippen molar-refractivity contribution in [3.8, 4) is 17.2 Å². The van der Waals surface area contributed by atoms with Gasteiger partial charge in [-0.05, 0) is 57.5 Å². The summed E-state index contributed by atoms with van der Waals surface area (Å²) >= 11 is 0. The van der Waals surface area contributed by atoms with Gasteiger partial charge in [0, 0.05) is 6.54 Å². The molecule has 0 saturated carbocycles. The molecule has 0 radical (unpaired) electrons. The van der Waals surface area contributed by atoms with Crippen LogP contribution in [0, 0.1) is 6.92 Å². The van der Waals surface area contributed by atoms with Crippen LogP contribution in [-0.2, 0) is 11.3 Å². The van der Waals surface area contributed by atoms with Crippen molar-refractivity contribution in [1.29, 1.82) is 0 Å². The molecule has 0 aliphatic rings. The van der Waals surface area contributed by atoms with Crippen LogP contribution >= 0.6 is 0 Å². The van der Waals surface area contributed by atoms with E-state index in [-0.39, 0.29) is 5.91 Å². The fourth-order valence-electron chi connectivity index (χ4n) is 2.41. The molecule has 26 heavy (non-hydrogen) atoms. The SMILES string of the molecule is CCOc1ccc(CNC(=O)C(C)Oc2ccc(C)cc2)cc1OCC. The van der Waals surface area contributed by atoms with E-state index in [9.17, 15) is 4.79 Å². The summed E-state index contributed by atoms with van der Waals surface area (Å²) < 4.78 is 16.8. The second kappa shape index (κ2) is 9.70. The minimum absolute atomic E-state index is 0.169. The van der Waals surface area contributed by atoms with Gasteiger partial charge in [-0.3, -0.25) is 4.79 Å². The van der Waals surface area contributed by atoms with E-state index in [1.807, 2.05) is 63.2 Å². The molecule has 0 spiro atoms. The van der Waals surface area contributed by atoms with Crippen LogP contribution in [0.15, 0.2) is 42.5 Å². The summed E-state index contributed by atoms with van der Waals surface area (Å²) in [5.41, 5.74) is 2.09. The Morgan fingerprint density at radius 2 is 1.65 bits per heavy atom. The number of hydrogen-bond acceptors (Lipinski definition) is 4. The van der Waals surface area contributed by atoms with E-state index in [0.29, 0.717) is 37.0 Å². The highest BCUT2D eigenvalue weighted by molar-refractivity contribution is 5.80. The molecule has 1 N–H and O–H groups in total. The summed E-state index contributed by atoms with van der Waals surface area (Å²) in [6, 6.07) is 13.3. The molecule has 2 aromatic rings. The molecular weight excluding hydrogens is 330 g/mol. The summed E-state index contributed by atoms with van der Waals surface area (Å²) in [7, 11) is 0. The molecule has 2 aromatic carbocycles. The zero-order chi connectivity index (χ0) is 18.9. The first kappa shape index (κ1) is 19.6. The summed E-state index contributed by atoms with van der Waals surface area (Å²) in [5.74, 6) is 1.90. The largest absolute Gasteiger partial charge is 0.490 e. The zero-order valence-corrected chi connectivity index (χ0v) is 15.9. The summed E-state index contributed by atoms with van der Waals surface area (Å²) in [5, 5.41) is 2.89. The van der Waals surface area contributed by atoms with Crippen molar-refractivity contribution in [2.24, 2.45) is 0 Å². The molecule has 1 unspecified atom stereocenters. The number of aryl methyl sites for hydroxylation is 1. The lowest BCUT2D eigenvalue weighted by Crippen LogP contribution is -2.35. The zero-order valence-electron chi connectivity index (χ0n) is 15.9. The molecule has 1 atom stereocenters. The highest BCUT2D eigenvalue weighted by Gasteiger charge is 2.15. The van der Waals surface area contributed by atoms with Gasteiger partial charge in [-0.25, -0.2) is 0 Å². The van der Waals surface area contributed by atoms with Gasteiger partial charge < -0.3 is 19.5 Å². The van der Waals surface area contributed by atoms with Crippen molar-refractivity contribution in [3.63, 3.8) is 0 Å². The molecule has 0 fully saturated rings. The summed E-state index contributed by atoms with van der Waals surface area (Å²) in [4.78, 5) is 12.3. The molecule has 5 heteroatoms. The van der Waals surface area contributed by atoms with Crippen molar-refractivity contribution in [1.82, 2.24) is 5.32 Å². The number of amides is 1. The third-order valence-corrected chi connectivity index (χ3v) is 3.78. The van der Waals surface area contributed by atoms with Gasteiger partial charge in [0.2, 0.25) is 0 Å². The van der Waals surface area contributed by atoms with Crippen LogP contribution in [0.2, 0.25) is 0 Å². The van der Waals surface area contributed by atoms with Crippen LogP contribution in [0.5, 0.6) is 17.2 Å². The Morgan fingerprint density at radius 3 is 2.31 bits per heavy atom. The molecule has 1 amide bonds. The quantitative estimate of drug-likeness (QED) is 0.740. The topological polar surface area (TPSA) is 56.8 Å². The summed E-state index contributed by atoms with van der Waals surface area (Å²) in [6.07, 6.45) is -0.577. The number of nitrogens with one attached hydrogen (secondary N) is 1. The number of carbonyl (C=O) groups excluding carboxylic acids is 1. The first-order valence-corrected chi connectivity index (χ1v) is 8.93. The van der Waals surface area contributed by atoms with E-state index in [4.69, 9.17) is 14.2 Å². The predicted molar refractivity (Wildman–Crippen MR) is 102 cm³/mol. The standard InChI is InChI=1S/C21H27NO4/c1-5-24-19-12-9-17(13-20(19)25-6-2)14-22-21(23)16(4)26-18-10-7-15(3)8-11-18/h7-13,16H,5-6,14H2,1-4H3,(H,22,23). The van der Waals surface area contributed by atoms with Crippen LogP contribution in [0.3, 0.4) is 0 Å². The maximum atomic E-state index is 12.3. The van der Waals surface area contributed by atoms with Crippen LogP contribution in [-0.4, -0.2) is 25.2 Å². The number of ether oxygens (including phenoxy) is 3. The molecule has 2 rings (SSSR count). The molecule has 140 valence electrons. The lowest BCUT2D eigenvalue weighted by Gasteiger charge is -2.16. The predicted octanol–water partition coefficient (Wildman–Crippen LogP) is 3.88. The van der Waals surface area contributed by atoms with Gasteiger partial charge in [0.25, 0.3) is 5.91 Å². The molecule has 0 aliphatic carbocycles. The Morgan fingerprint density at radius 1 is 1.00 bits per heavy atom. The van der Waals surface area contributed by atoms with Crippen LogP contribution in [0.1, 0.15) is 31.9 Å². The van der Waals surface area contributed by atoms with Gasteiger partial charge in [0.15, 0.2) is 17.6 Å². The van der Waals surface area contributed by atoms with E-state index in [0.717, 1.165) is 11.1 Å². The van der Waals surface area contributed by atoms with Gasteiger partial charge >= 0.3 is 0 Å². The number of carbonyl (C=O) groups is 1. The Kier molecular flexibility index (Phi) is 7.33. The second-order valence-electron chi connectivity index (χ2n) is 5.94. The lowest BCUT2D eigenvalue weighted by atomic mass is 10.2. The van der Waals surface area contributed by atoms with Crippen molar-refractivity contribution < 1.29 is 19.0 Å². The number of hydrogen-bond donors (Lipinski definition) is 1. The average Bonchev–Trinajstić information content (AvgIpc) is 2.63. The average molecular weight is 357 g/mol. The van der Waals surface area contributed by atoms with Crippen molar-refractivity contribution in [3.05, 3.63) is 53.6 Å². The molecular formula is C21H27NO4. The normalized spacial score (nSPS) is 11.5. The fourth-order valence-corrected chi connectivity index (χ4v) is 2.41. The van der Waals surface area contributed by atoms with E-state index in [2.05, 4.69) is 5.32 Å². The van der Waals surface area contributed by atoms with E-state index >= 15 is 0 Å². The monoisotopic (exact) mass is 357 g/mol. The lowest BCUT2D eigenvalue weighted by molar-refractivity contribution is -0.127. The second-order valence-corrected chi connectivity index (χ2v) is 5.94. The Labute approximate surface area is 155 Å². The maximum Gasteiger partial charge on any atom is 0.261 e. The molecule has 0 aromatic heterocycles. The van der Waals surface area contributed by atoms with Gasteiger partial charge in [0.05, 0.1) is 13.2 Å². The highest BCUT2D eigenvalue weighted by atomic mass is 16.5. The number of benzene rings is 2. The van der Waals surface area contributed by atoms with Gasteiger partial charge in [-0.2, -0.15) is 0 Å². The van der Waals surface area contributed by atoms with Gasteiger partial charge in [-0.1, -0.05) is 23.8 Å². The third-order valence-electron chi connectivity index (χ3n) is 3.78. The molecule has 0 saturated heterocycles. The smallest absolute Gasteiger partial charge is 0.261 e. The van der Waals surface area contributed by atoms with Gasteiger partial charge in [-0.15, -0.1) is 0 Å². The molecule has 0 bridgehead atoms. The highest BCUT2D eigenvalue weighted by Crippen LogP contribution is 2.28. The first-order chi connectivity index (χ1) is 12.5. The van der Waals surface area contributed by atoms with E-state index in [1.54, 1.807) is 6.92 Å². The third kappa shape index (κ3) is 5.69. The van der Waals surface area contributed by atoms with E-state index in [1.165, 1.54) is 0 Å². The summed E-state index contributed by atoms with van der Waals surface area (Å²) in [6.45, 7) is 9.12. The van der Waals surface area contributed by atoms with Crippen LogP contribution < -0.4 is 19.5 Å². The Bertz CT molecular complexity index is 712. The van der Waals surface area contributed by atoms with Crippen molar-refractivity contribution in [2.45, 2.75) is 40.3 Å². The maximum absolute atomic E-state index is 12.3. The van der Waals surface area contributed by atoms with Crippen molar-refractivity contribution in [2.75, 3.05) is 13.2 Å². The fraction of sp³-hybridized carbons (Fsp3) is 0.381. The van der Waals surface area contributed by atoms with Crippen molar-refractivity contribution >= 4 is 5.91 Å². The van der Waals surface area contributed by atoms with Crippen LogP contribution in [0.25, 0.3) is 0 Å². The Hall–Kier alpha value is -2.69. The van der Waals surface area contributed by atoms with Gasteiger partial charge in [0.1, 0.15) is 5.75 Å². The van der Waals surface area contributed by atoms with E-state index < -0.39 is 6.10 Å². The number of rotatable bonds is 9. The molecule has 5 nitrogen and oxygen atoms in total. The minimum Gasteiger partial charge on any atom is -0.490 e. The molecule has 0 aliphatic heterocycles. The minimum atomic E-state index is -0.577. The van der Waals surface area contributed by atoms with Crippen LogP contribution in [0.4, 0.5) is 0 Å². The first-order valence-electron chi connectivity index (χ1n) is 8.93.